The molecule has 1 spiro atoms. The van der Waals surface area contributed by atoms with Gasteiger partial charge < -0.3 is 14.8 Å². The van der Waals surface area contributed by atoms with Crippen molar-refractivity contribution in [3.63, 3.8) is 0 Å². The van der Waals surface area contributed by atoms with Gasteiger partial charge in [-0.25, -0.2) is 0 Å². The summed E-state index contributed by atoms with van der Waals surface area (Å²) in [6.45, 7) is 5.29. The van der Waals surface area contributed by atoms with E-state index in [-0.39, 0.29) is 24.5 Å². The minimum Gasteiger partial charge on any atom is -0.497 e. The zero-order chi connectivity index (χ0) is 25.8. The second kappa shape index (κ2) is 11.2. The molecule has 1 atom stereocenters. The Morgan fingerprint density at radius 2 is 1.76 bits per heavy atom. The average Bonchev–Trinajstić information content (AvgIpc) is 3.30. The number of nitrogens with zero attached hydrogens (tertiary/aromatic N) is 2. The highest BCUT2D eigenvalue weighted by Crippen LogP contribution is 2.43. The largest absolute Gasteiger partial charge is 0.497 e. The van der Waals surface area contributed by atoms with Crippen LogP contribution in [-0.4, -0.2) is 66.2 Å². The molecular formula is C30H39N3O4. The molecule has 7 nitrogen and oxygen atoms in total. The Morgan fingerprint density at radius 3 is 2.46 bits per heavy atom. The fraction of sp³-hybridized carbons (Fsp3) is 0.533. The first-order valence-corrected chi connectivity index (χ1v) is 13.7. The van der Waals surface area contributed by atoms with Gasteiger partial charge >= 0.3 is 0 Å². The maximum atomic E-state index is 13.9. The first-order valence-electron chi connectivity index (χ1n) is 13.7. The fourth-order valence-electron chi connectivity index (χ4n) is 6.05. The number of rotatable bonds is 6. The highest BCUT2D eigenvalue weighted by Gasteiger charge is 2.53. The van der Waals surface area contributed by atoms with Crippen LogP contribution in [0.15, 0.2) is 54.6 Å². The molecule has 2 amide bonds. The number of carbonyl (C=O) groups excluding carboxylic acids is 2. The van der Waals surface area contributed by atoms with Gasteiger partial charge in [0.1, 0.15) is 17.5 Å². The lowest BCUT2D eigenvalue weighted by molar-refractivity contribution is -0.128. The molecule has 1 saturated carbocycles. The first kappa shape index (κ1) is 25.7. The van der Waals surface area contributed by atoms with Crippen LogP contribution in [0.5, 0.6) is 5.75 Å². The summed E-state index contributed by atoms with van der Waals surface area (Å²) in [7, 11) is 1.59. The van der Waals surface area contributed by atoms with Crippen molar-refractivity contribution in [2.45, 2.75) is 69.8 Å². The first-order chi connectivity index (χ1) is 18.0. The summed E-state index contributed by atoms with van der Waals surface area (Å²) < 4.78 is 11.7. The second-order valence-corrected chi connectivity index (χ2v) is 10.9. The summed E-state index contributed by atoms with van der Waals surface area (Å²) in [5, 5.41) is 3.27. The molecule has 198 valence electrons. The summed E-state index contributed by atoms with van der Waals surface area (Å²) in [5.74, 6) is 0.953. The SMILES string of the molecule is COc1cccc(C(=O)N2[C@@H](C(=O)NC3CCN(Cc4ccccc4)CC3)COC23CCC(C)CC3)c1. The Labute approximate surface area is 220 Å². The van der Waals surface area contributed by atoms with Crippen LogP contribution in [0.3, 0.4) is 0 Å². The molecule has 5 rings (SSSR count). The van der Waals surface area contributed by atoms with Crippen molar-refractivity contribution in [3.8, 4) is 5.75 Å². The maximum absolute atomic E-state index is 13.9. The molecule has 0 bridgehead atoms. The van der Waals surface area contributed by atoms with Gasteiger partial charge in [0.25, 0.3) is 5.91 Å². The molecule has 0 unspecified atom stereocenters. The molecule has 1 N–H and O–H groups in total. The number of hydrogen-bond acceptors (Lipinski definition) is 5. The monoisotopic (exact) mass is 505 g/mol. The minimum absolute atomic E-state index is 0.103. The lowest BCUT2D eigenvalue weighted by atomic mass is 9.83. The lowest BCUT2D eigenvalue weighted by Gasteiger charge is -2.43. The van der Waals surface area contributed by atoms with E-state index in [1.54, 1.807) is 24.1 Å². The Balaban J connectivity index is 1.27. The van der Waals surface area contributed by atoms with Gasteiger partial charge in [-0.05, 0) is 68.2 Å². The Morgan fingerprint density at radius 1 is 1.03 bits per heavy atom. The van der Waals surface area contributed by atoms with Gasteiger partial charge in [0.15, 0.2) is 0 Å². The highest BCUT2D eigenvalue weighted by atomic mass is 16.5. The van der Waals surface area contributed by atoms with Crippen LogP contribution >= 0.6 is 0 Å². The van der Waals surface area contributed by atoms with Crippen LogP contribution in [-0.2, 0) is 16.1 Å². The quantitative estimate of drug-likeness (QED) is 0.637. The Bertz CT molecular complexity index is 1080. The van der Waals surface area contributed by atoms with Crippen LogP contribution in [0.25, 0.3) is 0 Å². The van der Waals surface area contributed by atoms with Crippen LogP contribution < -0.4 is 10.1 Å². The molecule has 7 heteroatoms. The van der Waals surface area contributed by atoms with E-state index in [9.17, 15) is 9.59 Å². The third kappa shape index (κ3) is 5.68. The predicted molar refractivity (Wildman–Crippen MR) is 142 cm³/mol. The highest BCUT2D eigenvalue weighted by molar-refractivity contribution is 5.98. The average molecular weight is 506 g/mol. The minimum atomic E-state index is -0.715. The number of amides is 2. The van der Waals surface area contributed by atoms with Crippen LogP contribution in [0, 0.1) is 5.92 Å². The number of hydrogen-bond donors (Lipinski definition) is 1. The summed E-state index contributed by atoms with van der Waals surface area (Å²) >= 11 is 0. The van der Waals surface area contributed by atoms with Crippen LogP contribution in [0.4, 0.5) is 0 Å². The van der Waals surface area contributed by atoms with Crippen molar-refractivity contribution in [2.24, 2.45) is 5.92 Å². The number of ether oxygens (including phenoxy) is 2. The van der Waals surface area contributed by atoms with Gasteiger partial charge in [-0.15, -0.1) is 0 Å². The summed E-state index contributed by atoms with van der Waals surface area (Å²) in [6, 6.07) is 17.2. The van der Waals surface area contributed by atoms with E-state index in [4.69, 9.17) is 9.47 Å². The zero-order valence-electron chi connectivity index (χ0n) is 22.0. The molecule has 2 aliphatic heterocycles. The van der Waals surface area contributed by atoms with Crippen molar-refractivity contribution < 1.29 is 19.1 Å². The van der Waals surface area contributed by atoms with E-state index in [1.165, 1.54) is 5.56 Å². The number of carbonyl (C=O) groups is 2. The van der Waals surface area contributed by atoms with E-state index in [0.717, 1.165) is 58.2 Å². The summed E-state index contributed by atoms with van der Waals surface area (Å²) in [5.41, 5.74) is 1.12. The van der Waals surface area contributed by atoms with E-state index in [0.29, 0.717) is 17.2 Å². The number of methoxy groups -OCH3 is 1. The molecule has 2 aromatic rings. The molecule has 2 saturated heterocycles. The van der Waals surface area contributed by atoms with E-state index in [1.807, 2.05) is 18.2 Å². The van der Waals surface area contributed by atoms with E-state index >= 15 is 0 Å². The normalized spacial score (nSPS) is 26.8. The Kier molecular flexibility index (Phi) is 7.81. The van der Waals surface area contributed by atoms with Gasteiger partial charge in [-0.3, -0.25) is 19.4 Å². The van der Waals surface area contributed by atoms with Crippen LogP contribution in [0.1, 0.15) is 61.4 Å². The number of piperidine rings is 1. The summed E-state index contributed by atoms with van der Waals surface area (Å²) in [4.78, 5) is 31.7. The molecule has 3 aliphatic rings. The smallest absolute Gasteiger partial charge is 0.257 e. The zero-order valence-corrected chi connectivity index (χ0v) is 22.0. The molecule has 0 radical (unpaired) electrons. The van der Waals surface area contributed by atoms with Crippen molar-refractivity contribution in [3.05, 3.63) is 65.7 Å². The van der Waals surface area contributed by atoms with Gasteiger partial charge in [0, 0.05) is 31.2 Å². The number of benzene rings is 2. The molecule has 37 heavy (non-hydrogen) atoms. The molecule has 1 aliphatic carbocycles. The van der Waals surface area contributed by atoms with E-state index in [2.05, 4.69) is 41.4 Å². The third-order valence-electron chi connectivity index (χ3n) is 8.34. The maximum Gasteiger partial charge on any atom is 0.257 e. The molecule has 2 heterocycles. The van der Waals surface area contributed by atoms with E-state index < -0.39 is 11.8 Å². The molecule has 0 aromatic heterocycles. The molecular weight excluding hydrogens is 466 g/mol. The van der Waals surface area contributed by atoms with Crippen molar-refractivity contribution in [2.75, 3.05) is 26.8 Å². The standard InChI is InChI=1S/C30H39N3O4/c1-22-11-15-30(16-12-22)33(29(35)24-9-6-10-26(19-24)36-2)27(21-37-30)28(34)31-25-13-17-32(18-14-25)20-23-7-4-3-5-8-23/h3-10,19,22,25,27H,11-18,20-21H2,1-2H3,(H,31,34)/t22?,27-,30?/m1/s1. The van der Waals surface area contributed by atoms with Gasteiger partial charge in [-0.2, -0.15) is 0 Å². The van der Waals surface area contributed by atoms with Crippen LogP contribution in [0.2, 0.25) is 0 Å². The topological polar surface area (TPSA) is 71.1 Å². The van der Waals surface area contributed by atoms with Crippen molar-refractivity contribution in [1.29, 1.82) is 0 Å². The van der Waals surface area contributed by atoms with Gasteiger partial charge in [-0.1, -0.05) is 43.3 Å². The molecule has 2 aromatic carbocycles. The number of nitrogens with one attached hydrogen (secondary N) is 1. The Hall–Kier alpha value is -2.90. The van der Waals surface area contributed by atoms with Gasteiger partial charge in [0.05, 0.1) is 13.7 Å². The van der Waals surface area contributed by atoms with Crippen molar-refractivity contribution >= 4 is 11.8 Å². The van der Waals surface area contributed by atoms with Crippen molar-refractivity contribution in [1.82, 2.24) is 15.1 Å². The lowest BCUT2D eigenvalue weighted by Crippen LogP contribution is -2.58. The van der Waals surface area contributed by atoms with Gasteiger partial charge in [0.2, 0.25) is 5.91 Å². The molecule has 3 fully saturated rings. The number of likely N-dealkylation sites (tertiary alicyclic amines) is 1. The summed E-state index contributed by atoms with van der Waals surface area (Å²) in [6.07, 6.45) is 5.28. The third-order valence-corrected chi connectivity index (χ3v) is 8.34. The second-order valence-electron chi connectivity index (χ2n) is 10.9. The fourth-order valence-corrected chi connectivity index (χ4v) is 6.05. The predicted octanol–water partition coefficient (Wildman–Crippen LogP) is 4.22.